The molecule has 3 aliphatic rings. The molecule has 3 fully saturated rings. The Bertz CT molecular complexity index is 999. The number of hydrogen-bond acceptors (Lipinski definition) is 5. The van der Waals surface area contributed by atoms with E-state index in [1.807, 2.05) is 0 Å². The van der Waals surface area contributed by atoms with Crippen LogP contribution in [0.1, 0.15) is 17.5 Å². The molecular formula is C15H12F3N5O3S. The highest BCUT2D eigenvalue weighted by molar-refractivity contribution is 7.93. The molecule has 0 radical (unpaired) electrons. The summed E-state index contributed by atoms with van der Waals surface area (Å²) in [4.78, 5) is 2.75. The number of fused-ring (bicyclic) bond motifs is 5. The Kier molecular flexibility index (Phi) is 3.82. The van der Waals surface area contributed by atoms with Crippen LogP contribution >= 0.6 is 0 Å². The number of azide groups is 1. The second kappa shape index (κ2) is 5.76. The lowest BCUT2D eigenvalue weighted by Gasteiger charge is -2.22. The van der Waals surface area contributed by atoms with Gasteiger partial charge in [0.2, 0.25) is 10.0 Å². The van der Waals surface area contributed by atoms with E-state index in [1.165, 1.54) is 12.1 Å². The van der Waals surface area contributed by atoms with Gasteiger partial charge in [0.05, 0.1) is 41.1 Å². The second-order valence-electron chi connectivity index (χ2n) is 6.69. The standard InChI is InChI=1S/C15H12F3N5O3S/c16-15(17,18)10-3-8(2-1-7(10)5-19)23-6-9-13-11(21-22-20)4-12(26-13)14(9)27(23,24)25/h1-3,9,11-14H,4,6H2/t9-,11+,12-,13-,14-/m0/s1. The number of sulfonamides is 1. The third-order valence-corrected chi connectivity index (χ3v) is 7.66. The highest BCUT2D eigenvalue weighted by atomic mass is 32.2. The summed E-state index contributed by atoms with van der Waals surface area (Å²) in [6.45, 7) is -0.0607. The van der Waals surface area contributed by atoms with E-state index in [2.05, 4.69) is 10.0 Å². The molecule has 4 rings (SSSR count). The van der Waals surface area contributed by atoms with Crippen LogP contribution in [0.5, 0.6) is 0 Å². The van der Waals surface area contributed by atoms with Gasteiger partial charge in [0.15, 0.2) is 0 Å². The second-order valence-corrected chi connectivity index (χ2v) is 8.71. The topological polar surface area (TPSA) is 119 Å². The molecule has 142 valence electrons. The average Bonchev–Trinajstić information content (AvgIpc) is 3.24. The Hall–Kier alpha value is -2.48. The zero-order valence-electron chi connectivity index (χ0n) is 13.5. The van der Waals surface area contributed by atoms with Crippen molar-refractivity contribution in [1.29, 1.82) is 5.26 Å². The summed E-state index contributed by atoms with van der Waals surface area (Å²) >= 11 is 0. The van der Waals surface area contributed by atoms with Gasteiger partial charge in [0, 0.05) is 17.4 Å². The summed E-state index contributed by atoms with van der Waals surface area (Å²) in [6.07, 6.45) is -5.73. The molecule has 2 bridgehead atoms. The number of rotatable bonds is 2. The fourth-order valence-corrected chi connectivity index (χ4v) is 6.62. The largest absolute Gasteiger partial charge is 0.417 e. The van der Waals surface area contributed by atoms with Crippen LogP contribution in [-0.4, -0.2) is 38.5 Å². The van der Waals surface area contributed by atoms with E-state index in [1.54, 1.807) is 0 Å². The van der Waals surface area contributed by atoms with Gasteiger partial charge in [0.1, 0.15) is 5.25 Å². The van der Waals surface area contributed by atoms with Crippen LogP contribution in [0.15, 0.2) is 23.3 Å². The highest BCUT2D eigenvalue weighted by Crippen LogP contribution is 2.50. The maximum Gasteiger partial charge on any atom is 0.417 e. The quantitative estimate of drug-likeness (QED) is 0.431. The SMILES string of the molecule is N#Cc1ccc(N2C[C@H]3[C@@H]4O[C@@H](C[C@H]4N=[N+]=[N-])[C@H]3S2(=O)=O)cc1C(F)(F)F. The fourth-order valence-electron chi connectivity index (χ4n) is 4.29. The molecule has 0 spiro atoms. The van der Waals surface area contributed by atoms with Gasteiger partial charge in [-0.2, -0.15) is 18.4 Å². The van der Waals surface area contributed by atoms with E-state index in [-0.39, 0.29) is 18.7 Å². The summed E-state index contributed by atoms with van der Waals surface area (Å²) in [6, 6.07) is 3.83. The van der Waals surface area contributed by atoms with E-state index >= 15 is 0 Å². The zero-order valence-corrected chi connectivity index (χ0v) is 14.4. The summed E-state index contributed by atoms with van der Waals surface area (Å²) in [5.74, 6) is -0.491. The first-order chi connectivity index (χ1) is 12.7. The van der Waals surface area contributed by atoms with Crippen LogP contribution < -0.4 is 4.31 Å². The fraction of sp³-hybridized carbons (Fsp3) is 0.533. The smallest absolute Gasteiger partial charge is 0.373 e. The van der Waals surface area contributed by atoms with Gasteiger partial charge in [-0.1, -0.05) is 5.11 Å². The van der Waals surface area contributed by atoms with Crippen molar-refractivity contribution in [3.8, 4) is 6.07 Å². The number of nitrogens with zero attached hydrogens (tertiary/aromatic N) is 5. The number of anilines is 1. The molecule has 3 saturated heterocycles. The lowest BCUT2D eigenvalue weighted by Crippen LogP contribution is -2.39. The first-order valence-electron chi connectivity index (χ1n) is 8.01. The minimum Gasteiger partial charge on any atom is -0.373 e. The first-order valence-corrected chi connectivity index (χ1v) is 9.51. The molecule has 3 heterocycles. The molecule has 0 aliphatic carbocycles. The van der Waals surface area contributed by atoms with Crippen molar-refractivity contribution in [2.24, 2.45) is 11.0 Å². The highest BCUT2D eigenvalue weighted by Gasteiger charge is 2.64. The molecule has 0 unspecified atom stereocenters. The minimum atomic E-state index is -4.78. The summed E-state index contributed by atoms with van der Waals surface area (Å²) in [5, 5.41) is 11.7. The van der Waals surface area contributed by atoms with Crippen molar-refractivity contribution in [2.75, 3.05) is 10.8 Å². The molecule has 0 saturated carbocycles. The van der Waals surface area contributed by atoms with Crippen molar-refractivity contribution in [1.82, 2.24) is 0 Å². The zero-order chi connectivity index (χ0) is 19.6. The van der Waals surface area contributed by atoms with Crippen LogP contribution in [0.3, 0.4) is 0 Å². The number of hydrogen-bond donors (Lipinski definition) is 0. The summed E-state index contributed by atoms with van der Waals surface area (Å²) < 4.78 is 72.1. The lowest BCUT2D eigenvalue weighted by molar-refractivity contribution is -0.137. The predicted octanol–water partition coefficient (Wildman–Crippen LogP) is 2.56. The summed E-state index contributed by atoms with van der Waals surface area (Å²) in [7, 11) is -3.95. The molecule has 3 aliphatic heterocycles. The van der Waals surface area contributed by atoms with Crippen LogP contribution in [0.4, 0.5) is 18.9 Å². The molecule has 8 nitrogen and oxygen atoms in total. The van der Waals surface area contributed by atoms with E-state index in [4.69, 9.17) is 15.5 Å². The van der Waals surface area contributed by atoms with E-state index in [0.29, 0.717) is 6.07 Å². The molecule has 12 heteroatoms. The third-order valence-electron chi connectivity index (χ3n) is 5.34. The normalized spacial score (nSPS) is 33.4. The van der Waals surface area contributed by atoms with Gasteiger partial charge >= 0.3 is 6.18 Å². The van der Waals surface area contributed by atoms with Crippen molar-refractivity contribution in [2.45, 2.75) is 36.1 Å². The Labute approximate surface area is 151 Å². The van der Waals surface area contributed by atoms with Gasteiger partial charge < -0.3 is 4.74 Å². The number of alkyl halides is 3. The maximum atomic E-state index is 13.2. The predicted molar refractivity (Wildman–Crippen MR) is 85.9 cm³/mol. The Morgan fingerprint density at radius 2 is 2.15 bits per heavy atom. The lowest BCUT2D eigenvalue weighted by atomic mass is 9.85. The molecule has 0 N–H and O–H groups in total. The van der Waals surface area contributed by atoms with Gasteiger partial charge in [-0.05, 0) is 30.2 Å². The van der Waals surface area contributed by atoms with Gasteiger partial charge in [-0.15, -0.1) is 0 Å². The first kappa shape index (κ1) is 17.9. The van der Waals surface area contributed by atoms with Crippen molar-refractivity contribution in [3.05, 3.63) is 39.8 Å². The van der Waals surface area contributed by atoms with Gasteiger partial charge in [-0.25, -0.2) is 8.42 Å². The average molecular weight is 399 g/mol. The van der Waals surface area contributed by atoms with Crippen LogP contribution in [0.2, 0.25) is 0 Å². The van der Waals surface area contributed by atoms with Crippen LogP contribution in [0, 0.1) is 17.2 Å². The molecular weight excluding hydrogens is 387 g/mol. The monoisotopic (exact) mass is 399 g/mol. The number of nitriles is 1. The van der Waals surface area contributed by atoms with E-state index in [0.717, 1.165) is 10.4 Å². The third kappa shape index (κ3) is 2.54. The Morgan fingerprint density at radius 1 is 1.41 bits per heavy atom. The number of benzene rings is 1. The molecule has 5 atom stereocenters. The van der Waals surface area contributed by atoms with Crippen LogP contribution in [-0.2, 0) is 20.9 Å². The molecule has 0 amide bonds. The minimum absolute atomic E-state index is 0.0607. The van der Waals surface area contributed by atoms with Gasteiger partial charge in [-0.3, -0.25) is 4.31 Å². The van der Waals surface area contributed by atoms with Crippen molar-refractivity contribution >= 4 is 15.7 Å². The number of ether oxygens (including phenoxy) is 1. The number of halogens is 3. The van der Waals surface area contributed by atoms with Gasteiger partial charge in [0.25, 0.3) is 0 Å². The Morgan fingerprint density at radius 3 is 2.78 bits per heavy atom. The molecule has 1 aromatic rings. The van der Waals surface area contributed by atoms with Crippen molar-refractivity contribution < 1.29 is 26.3 Å². The molecule has 27 heavy (non-hydrogen) atoms. The summed E-state index contributed by atoms with van der Waals surface area (Å²) in [5.41, 5.74) is 6.73. The maximum absolute atomic E-state index is 13.2. The molecule has 0 aromatic heterocycles. The Balaban J connectivity index is 1.73. The van der Waals surface area contributed by atoms with E-state index < -0.39 is 56.7 Å². The molecule has 1 aromatic carbocycles. The van der Waals surface area contributed by atoms with Crippen molar-refractivity contribution in [3.63, 3.8) is 0 Å². The van der Waals surface area contributed by atoms with Crippen LogP contribution in [0.25, 0.3) is 10.4 Å². The van der Waals surface area contributed by atoms with E-state index in [9.17, 15) is 21.6 Å².